The van der Waals surface area contributed by atoms with Gasteiger partial charge in [-0.25, -0.2) is 0 Å². The Morgan fingerprint density at radius 2 is 1.93 bits per heavy atom. The summed E-state index contributed by atoms with van der Waals surface area (Å²) in [6.45, 7) is 0. The lowest BCUT2D eigenvalue weighted by Crippen LogP contribution is -2.14. The van der Waals surface area contributed by atoms with Crippen molar-refractivity contribution >= 4 is 34.8 Å². The van der Waals surface area contributed by atoms with Crippen molar-refractivity contribution < 1.29 is 22.5 Å². The number of carbonyl (C=O) groups is 1. The molecule has 1 heterocycles. The van der Waals surface area contributed by atoms with Gasteiger partial charge >= 0.3 is 6.18 Å². The summed E-state index contributed by atoms with van der Waals surface area (Å²) in [7, 11) is 0. The highest BCUT2D eigenvalue weighted by Gasteiger charge is 2.33. The first kappa shape index (κ1) is 20.2. The third-order valence-corrected chi connectivity index (χ3v) is 4.24. The minimum atomic E-state index is -4.61. The maximum Gasteiger partial charge on any atom is 0.417 e. The molecule has 0 aliphatic rings. The van der Waals surface area contributed by atoms with E-state index in [-0.39, 0.29) is 24.4 Å². The van der Waals surface area contributed by atoms with Gasteiger partial charge in [0.15, 0.2) is 0 Å². The summed E-state index contributed by atoms with van der Waals surface area (Å²) in [5.41, 5.74) is -0.366. The zero-order valence-electron chi connectivity index (χ0n) is 14.1. The monoisotopic (exact) mass is 429 g/mol. The minimum absolute atomic E-state index is 0.00753. The fraction of sp³-hybridized carbons (Fsp3) is 0.167. The summed E-state index contributed by atoms with van der Waals surface area (Å²) >= 11 is 11.5. The first-order valence-electron chi connectivity index (χ1n) is 7.97. The Balaban J connectivity index is 1.61. The van der Waals surface area contributed by atoms with Crippen LogP contribution in [0.15, 0.2) is 47.0 Å². The second kappa shape index (κ2) is 8.20. The first-order chi connectivity index (χ1) is 13.2. The van der Waals surface area contributed by atoms with Gasteiger partial charge in [-0.05, 0) is 30.3 Å². The number of carbonyl (C=O) groups excluding carboxylic acids is 1. The van der Waals surface area contributed by atoms with Crippen molar-refractivity contribution in [1.82, 2.24) is 10.1 Å². The van der Waals surface area contributed by atoms with Crippen molar-refractivity contribution in [2.24, 2.45) is 0 Å². The lowest BCUT2D eigenvalue weighted by molar-refractivity contribution is -0.137. The third kappa shape index (κ3) is 5.02. The summed E-state index contributed by atoms with van der Waals surface area (Å²) < 4.78 is 43.7. The second-order valence-corrected chi connectivity index (χ2v) is 6.61. The molecule has 0 aliphatic carbocycles. The van der Waals surface area contributed by atoms with E-state index in [2.05, 4.69) is 15.5 Å². The molecule has 1 N–H and O–H groups in total. The van der Waals surface area contributed by atoms with Gasteiger partial charge in [0.1, 0.15) is 0 Å². The van der Waals surface area contributed by atoms with Crippen LogP contribution in [-0.4, -0.2) is 16.0 Å². The van der Waals surface area contributed by atoms with Gasteiger partial charge in [-0.15, -0.1) is 0 Å². The number of amides is 1. The van der Waals surface area contributed by atoms with E-state index < -0.39 is 22.7 Å². The van der Waals surface area contributed by atoms with Crippen molar-refractivity contribution in [3.63, 3.8) is 0 Å². The van der Waals surface area contributed by atoms with Crippen LogP contribution in [0.2, 0.25) is 10.0 Å². The summed E-state index contributed by atoms with van der Waals surface area (Å²) in [4.78, 5) is 16.2. The van der Waals surface area contributed by atoms with Crippen molar-refractivity contribution in [1.29, 1.82) is 0 Å². The zero-order chi connectivity index (χ0) is 20.3. The van der Waals surface area contributed by atoms with Crippen LogP contribution in [0, 0.1) is 0 Å². The average molecular weight is 430 g/mol. The Labute approximate surface area is 167 Å². The molecule has 0 saturated carbocycles. The van der Waals surface area contributed by atoms with E-state index in [1.54, 1.807) is 24.3 Å². The Hall–Kier alpha value is -2.58. The number of nitrogens with zero attached hydrogens (tertiary/aromatic N) is 2. The van der Waals surface area contributed by atoms with Crippen molar-refractivity contribution in [3.8, 4) is 11.4 Å². The number of aryl methyl sites for hydroxylation is 1. The highest BCUT2D eigenvalue weighted by Crippen LogP contribution is 2.36. The summed E-state index contributed by atoms with van der Waals surface area (Å²) in [6, 6.07) is 10.0. The largest absolute Gasteiger partial charge is 0.417 e. The molecule has 2 aromatic carbocycles. The van der Waals surface area contributed by atoms with E-state index in [9.17, 15) is 18.0 Å². The third-order valence-electron chi connectivity index (χ3n) is 3.67. The number of hydrogen-bond acceptors (Lipinski definition) is 4. The Bertz CT molecular complexity index is 1010. The fourth-order valence-corrected chi connectivity index (χ4v) is 2.78. The van der Waals surface area contributed by atoms with Crippen LogP contribution in [0.4, 0.5) is 18.9 Å². The maximum absolute atomic E-state index is 12.9. The first-order valence-corrected chi connectivity index (χ1v) is 8.73. The van der Waals surface area contributed by atoms with Gasteiger partial charge in [-0.3, -0.25) is 4.79 Å². The predicted octanol–water partition coefficient (Wildman–Crippen LogP) is 5.63. The number of rotatable bonds is 5. The molecule has 0 spiro atoms. The van der Waals surface area contributed by atoms with Gasteiger partial charge in [0.05, 0.1) is 10.6 Å². The Morgan fingerprint density at radius 1 is 1.14 bits per heavy atom. The van der Waals surface area contributed by atoms with E-state index in [1.165, 1.54) is 6.07 Å². The number of halogens is 5. The zero-order valence-corrected chi connectivity index (χ0v) is 15.6. The molecular weight excluding hydrogens is 418 g/mol. The number of hydrogen-bond donors (Lipinski definition) is 1. The fourth-order valence-electron chi connectivity index (χ4n) is 2.37. The number of anilines is 1. The number of aromatic nitrogens is 2. The Morgan fingerprint density at radius 3 is 2.64 bits per heavy atom. The van der Waals surface area contributed by atoms with E-state index >= 15 is 0 Å². The van der Waals surface area contributed by atoms with Crippen LogP contribution >= 0.6 is 23.2 Å². The molecule has 0 aliphatic heterocycles. The van der Waals surface area contributed by atoms with Crippen LogP contribution < -0.4 is 5.32 Å². The van der Waals surface area contributed by atoms with E-state index in [1.807, 2.05) is 0 Å². The topological polar surface area (TPSA) is 68.0 Å². The lowest BCUT2D eigenvalue weighted by atomic mass is 10.2. The SMILES string of the molecule is O=C(CCc1nc(-c2cccc(Cl)c2)no1)Nc1ccc(Cl)c(C(F)(F)F)c1. The summed E-state index contributed by atoms with van der Waals surface area (Å²) in [5, 5.41) is 6.29. The second-order valence-electron chi connectivity index (χ2n) is 5.76. The number of benzene rings is 2. The van der Waals surface area contributed by atoms with E-state index in [0.29, 0.717) is 16.4 Å². The molecule has 1 amide bonds. The van der Waals surface area contributed by atoms with Crippen molar-refractivity contribution in [3.05, 3.63) is 64.0 Å². The molecule has 0 fully saturated rings. The highest BCUT2D eigenvalue weighted by molar-refractivity contribution is 6.31. The molecule has 10 heteroatoms. The van der Waals surface area contributed by atoms with Crippen LogP contribution in [0.1, 0.15) is 17.9 Å². The standard InChI is InChI=1S/C18H12Cl2F3N3O2/c19-11-3-1-2-10(8-11)17-25-16(28-26-17)7-6-15(27)24-12-4-5-14(20)13(9-12)18(21,22)23/h1-5,8-9H,6-7H2,(H,24,27). The van der Waals surface area contributed by atoms with Crippen molar-refractivity contribution in [2.75, 3.05) is 5.32 Å². The molecule has 5 nitrogen and oxygen atoms in total. The minimum Gasteiger partial charge on any atom is -0.339 e. The number of nitrogens with one attached hydrogen (secondary N) is 1. The normalized spacial score (nSPS) is 11.5. The smallest absolute Gasteiger partial charge is 0.339 e. The van der Waals surface area contributed by atoms with Gasteiger partial charge in [0.25, 0.3) is 0 Å². The molecule has 0 radical (unpaired) electrons. The lowest BCUT2D eigenvalue weighted by Gasteiger charge is -2.11. The van der Waals surface area contributed by atoms with Crippen molar-refractivity contribution in [2.45, 2.75) is 19.0 Å². The molecule has 146 valence electrons. The van der Waals surface area contributed by atoms with Crippen LogP contribution in [0.5, 0.6) is 0 Å². The maximum atomic E-state index is 12.9. The van der Waals surface area contributed by atoms with Crippen LogP contribution in [0.3, 0.4) is 0 Å². The predicted molar refractivity (Wildman–Crippen MR) is 98.1 cm³/mol. The molecule has 0 bridgehead atoms. The Kier molecular flexibility index (Phi) is 5.90. The summed E-state index contributed by atoms with van der Waals surface area (Å²) in [5.74, 6) is 0.0422. The molecular formula is C18H12Cl2F3N3O2. The average Bonchev–Trinajstić information content (AvgIpc) is 3.10. The van der Waals surface area contributed by atoms with Crippen LogP contribution in [0.25, 0.3) is 11.4 Å². The summed E-state index contributed by atoms with van der Waals surface area (Å²) in [6.07, 6.45) is -4.54. The molecule has 1 aromatic heterocycles. The van der Waals surface area contributed by atoms with Gasteiger partial charge in [0, 0.05) is 29.1 Å². The number of alkyl halides is 3. The van der Waals surface area contributed by atoms with Gasteiger partial charge < -0.3 is 9.84 Å². The van der Waals surface area contributed by atoms with E-state index in [0.717, 1.165) is 12.1 Å². The molecule has 3 aromatic rings. The van der Waals surface area contributed by atoms with Gasteiger partial charge in [-0.1, -0.05) is 40.5 Å². The van der Waals surface area contributed by atoms with Gasteiger partial charge in [-0.2, -0.15) is 18.2 Å². The van der Waals surface area contributed by atoms with Crippen LogP contribution in [-0.2, 0) is 17.4 Å². The van der Waals surface area contributed by atoms with Gasteiger partial charge in [0.2, 0.25) is 17.6 Å². The molecule has 0 saturated heterocycles. The van der Waals surface area contributed by atoms with E-state index in [4.69, 9.17) is 27.7 Å². The molecule has 28 heavy (non-hydrogen) atoms. The molecule has 0 atom stereocenters. The quantitative estimate of drug-likeness (QED) is 0.570. The highest BCUT2D eigenvalue weighted by atomic mass is 35.5. The molecule has 3 rings (SSSR count). The molecule has 0 unspecified atom stereocenters.